The Labute approximate surface area is 215 Å². The van der Waals surface area contributed by atoms with Gasteiger partial charge in [-0.2, -0.15) is 18.2 Å². The van der Waals surface area contributed by atoms with Gasteiger partial charge >= 0.3 is 6.18 Å². The third-order valence-electron chi connectivity index (χ3n) is 6.16. The summed E-state index contributed by atoms with van der Waals surface area (Å²) in [5.41, 5.74) is 0.385. The van der Waals surface area contributed by atoms with Crippen molar-refractivity contribution in [2.24, 2.45) is 0 Å². The first-order valence-corrected chi connectivity index (χ1v) is 12.0. The average Bonchev–Trinajstić information content (AvgIpc) is 3.39. The fraction of sp³-hybridized carbons (Fsp3) is 0.280. The first-order chi connectivity index (χ1) is 17.7. The summed E-state index contributed by atoms with van der Waals surface area (Å²) in [5.74, 6) is 1.12. The highest BCUT2D eigenvalue weighted by Crippen LogP contribution is 2.36. The molecule has 0 spiro atoms. The van der Waals surface area contributed by atoms with E-state index in [4.69, 9.17) is 16.6 Å². The van der Waals surface area contributed by atoms with Crippen molar-refractivity contribution < 1.29 is 17.6 Å². The first kappa shape index (κ1) is 24.9. The van der Waals surface area contributed by atoms with Crippen LogP contribution >= 0.6 is 11.6 Å². The topological polar surface area (TPSA) is 63.0 Å². The molecule has 1 aliphatic heterocycles. The molecule has 4 heterocycles. The maximum atomic E-state index is 13.8. The molecule has 3 aromatic heterocycles. The van der Waals surface area contributed by atoms with Gasteiger partial charge in [0.15, 0.2) is 0 Å². The third-order valence-corrected chi connectivity index (χ3v) is 6.45. The van der Waals surface area contributed by atoms with Crippen molar-refractivity contribution in [3.63, 3.8) is 0 Å². The number of hydrogen-bond acceptors (Lipinski definition) is 6. The van der Waals surface area contributed by atoms with Crippen molar-refractivity contribution in [1.82, 2.24) is 24.5 Å². The summed E-state index contributed by atoms with van der Waals surface area (Å²) in [5, 5.41) is -0.0273. The Balaban J connectivity index is 1.48. The number of piperazine rings is 1. The molecule has 192 valence electrons. The fourth-order valence-electron chi connectivity index (χ4n) is 4.29. The molecule has 0 amide bonds. The maximum Gasteiger partial charge on any atom is 0.419 e. The summed E-state index contributed by atoms with van der Waals surface area (Å²) in [4.78, 5) is 21.4. The lowest BCUT2D eigenvalue weighted by atomic mass is 10.1. The van der Waals surface area contributed by atoms with Crippen LogP contribution in [0.25, 0.3) is 17.2 Å². The zero-order valence-electron chi connectivity index (χ0n) is 19.8. The molecule has 5 rings (SSSR count). The highest BCUT2D eigenvalue weighted by atomic mass is 35.5. The Morgan fingerprint density at radius 3 is 2.41 bits per heavy atom. The Kier molecular flexibility index (Phi) is 6.72. The molecule has 0 N–H and O–H groups in total. The van der Waals surface area contributed by atoms with Crippen molar-refractivity contribution in [2.45, 2.75) is 19.5 Å². The van der Waals surface area contributed by atoms with E-state index in [2.05, 4.69) is 15.0 Å². The summed E-state index contributed by atoms with van der Waals surface area (Å²) >= 11 is 6.02. The molecule has 0 aliphatic carbocycles. The molecule has 0 bridgehead atoms. The minimum absolute atomic E-state index is 0.0273. The summed E-state index contributed by atoms with van der Waals surface area (Å²) in [6.07, 6.45) is 0.951. The third kappa shape index (κ3) is 5.08. The zero-order valence-corrected chi connectivity index (χ0v) is 20.5. The van der Waals surface area contributed by atoms with Gasteiger partial charge in [0, 0.05) is 62.8 Å². The summed E-state index contributed by atoms with van der Waals surface area (Å²) in [6, 6.07) is 8.46. The van der Waals surface area contributed by atoms with Gasteiger partial charge in [0.05, 0.1) is 16.3 Å². The number of hydrogen-bond donors (Lipinski definition) is 0. The fourth-order valence-corrected chi connectivity index (χ4v) is 4.47. The van der Waals surface area contributed by atoms with Crippen LogP contribution in [0.15, 0.2) is 55.0 Å². The Bertz CT molecular complexity index is 1410. The lowest BCUT2D eigenvalue weighted by molar-refractivity contribution is -0.137. The SMILES string of the molecule is CCc1nccn1-c1nc(-c2ccc(F)c(Cl)c2)cc(N2CCN(c3ncccc3C(F)(F)F)CC2)n1. The van der Waals surface area contributed by atoms with Crippen molar-refractivity contribution in [3.05, 3.63) is 77.2 Å². The molecule has 1 fully saturated rings. The van der Waals surface area contributed by atoms with E-state index in [1.54, 1.807) is 34.0 Å². The molecule has 0 saturated carbocycles. The zero-order chi connectivity index (χ0) is 26.2. The molecule has 1 aromatic carbocycles. The normalized spacial score (nSPS) is 14.3. The first-order valence-electron chi connectivity index (χ1n) is 11.6. The molecule has 0 atom stereocenters. The van der Waals surface area contributed by atoms with Gasteiger partial charge in [-0.1, -0.05) is 18.5 Å². The van der Waals surface area contributed by atoms with Gasteiger partial charge in [-0.25, -0.2) is 19.3 Å². The Morgan fingerprint density at radius 1 is 0.946 bits per heavy atom. The number of pyridine rings is 1. The van der Waals surface area contributed by atoms with Gasteiger partial charge < -0.3 is 9.80 Å². The lowest BCUT2D eigenvalue weighted by Crippen LogP contribution is -2.47. The summed E-state index contributed by atoms with van der Waals surface area (Å²) in [7, 11) is 0. The van der Waals surface area contributed by atoms with Crippen molar-refractivity contribution in [3.8, 4) is 17.2 Å². The number of alkyl halides is 3. The van der Waals surface area contributed by atoms with Crippen LogP contribution in [-0.4, -0.2) is 50.7 Å². The van der Waals surface area contributed by atoms with Crippen molar-refractivity contribution in [2.75, 3.05) is 36.0 Å². The van der Waals surface area contributed by atoms with E-state index in [0.717, 1.165) is 11.9 Å². The number of anilines is 2. The van der Waals surface area contributed by atoms with Crippen LogP contribution in [0.5, 0.6) is 0 Å². The van der Waals surface area contributed by atoms with Gasteiger partial charge in [-0.3, -0.25) is 4.57 Å². The predicted molar refractivity (Wildman–Crippen MR) is 133 cm³/mol. The smallest absolute Gasteiger partial charge is 0.353 e. The average molecular weight is 532 g/mol. The molecule has 0 unspecified atom stereocenters. The van der Waals surface area contributed by atoms with E-state index in [1.165, 1.54) is 24.4 Å². The second-order valence-corrected chi connectivity index (χ2v) is 8.86. The Hall–Kier alpha value is -3.73. The molecular weight excluding hydrogens is 510 g/mol. The number of aromatic nitrogens is 5. The van der Waals surface area contributed by atoms with E-state index in [1.807, 2.05) is 11.8 Å². The van der Waals surface area contributed by atoms with Crippen LogP contribution in [0.4, 0.5) is 29.2 Å². The van der Waals surface area contributed by atoms with Gasteiger partial charge in [-0.15, -0.1) is 0 Å². The molecule has 0 radical (unpaired) electrons. The number of aryl methyl sites for hydroxylation is 1. The molecule has 37 heavy (non-hydrogen) atoms. The highest BCUT2D eigenvalue weighted by molar-refractivity contribution is 6.31. The number of halogens is 5. The predicted octanol–water partition coefficient (Wildman–Crippen LogP) is 5.42. The van der Waals surface area contributed by atoms with Crippen LogP contribution in [0.3, 0.4) is 0 Å². The minimum Gasteiger partial charge on any atom is -0.353 e. The molecule has 7 nitrogen and oxygen atoms in total. The van der Waals surface area contributed by atoms with Crippen LogP contribution in [0.2, 0.25) is 5.02 Å². The monoisotopic (exact) mass is 531 g/mol. The van der Waals surface area contributed by atoms with Crippen LogP contribution in [-0.2, 0) is 12.6 Å². The summed E-state index contributed by atoms with van der Waals surface area (Å²) in [6.45, 7) is 3.44. The maximum absolute atomic E-state index is 13.8. The largest absolute Gasteiger partial charge is 0.419 e. The van der Waals surface area contributed by atoms with Crippen LogP contribution < -0.4 is 9.80 Å². The van der Waals surface area contributed by atoms with E-state index < -0.39 is 17.6 Å². The van der Waals surface area contributed by atoms with E-state index in [9.17, 15) is 17.6 Å². The lowest BCUT2D eigenvalue weighted by Gasteiger charge is -2.37. The van der Waals surface area contributed by atoms with Gasteiger partial charge in [0.2, 0.25) is 5.95 Å². The van der Waals surface area contributed by atoms with Gasteiger partial charge in [0.25, 0.3) is 0 Å². The minimum atomic E-state index is -4.49. The quantitative estimate of drug-likeness (QED) is 0.320. The molecule has 1 aliphatic rings. The second-order valence-electron chi connectivity index (χ2n) is 8.45. The summed E-state index contributed by atoms with van der Waals surface area (Å²) < 4.78 is 56.1. The molecule has 4 aromatic rings. The Morgan fingerprint density at radius 2 is 1.70 bits per heavy atom. The van der Waals surface area contributed by atoms with Crippen molar-refractivity contribution >= 4 is 23.2 Å². The molecule has 12 heteroatoms. The number of benzene rings is 1. The highest BCUT2D eigenvalue weighted by Gasteiger charge is 2.36. The number of rotatable bonds is 5. The molecular formula is C25H22ClF4N7. The molecule has 1 saturated heterocycles. The van der Waals surface area contributed by atoms with E-state index in [-0.39, 0.29) is 10.8 Å². The van der Waals surface area contributed by atoms with Crippen LogP contribution in [0, 0.1) is 5.82 Å². The van der Waals surface area contributed by atoms with Gasteiger partial charge in [-0.05, 0) is 30.3 Å². The second kappa shape index (κ2) is 9.97. The van der Waals surface area contributed by atoms with Crippen LogP contribution in [0.1, 0.15) is 18.3 Å². The van der Waals surface area contributed by atoms with Crippen molar-refractivity contribution in [1.29, 1.82) is 0 Å². The van der Waals surface area contributed by atoms with Gasteiger partial charge in [0.1, 0.15) is 23.3 Å². The number of imidazole rings is 1. The van der Waals surface area contributed by atoms with E-state index in [0.29, 0.717) is 55.6 Å². The standard InChI is InChI=1S/C25H22ClF4N7/c1-2-21-31-8-9-37(21)24-33-20(16-5-6-19(27)18(26)14-16)15-22(34-24)35-10-12-36(13-11-35)23-17(25(28,29)30)4-3-7-32-23/h3-9,14-15H,2,10-13H2,1H3. The van der Waals surface area contributed by atoms with E-state index >= 15 is 0 Å². The number of nitrogens with zero attached hydrogens (tertiary/aromatic N) is 7.